The summed E-state index contributed by atoms with van der Waals surface area (Å²) in [5.41, 5.74) is 0.312. The molecule has 0 bridgehead atoms. The Balaban J connectivity index is 2.41. The van der Waals surface area contributed by atoms with E-state index in [0.717, 1.165) is 6.07 Å². The van der Waals surface area contributed by atoms with Crippen molar-refractivity contribution in [1.29, 1.82) is 0 Å². The lowest BCUT2D eigenvalue weighted by molar-refractivity contribution is -0.175. The van der Waals surface area contributed by atoms with Gasteiger partial charge in [-0.2, -0.15) is 8.78 Å². The first-order valence-electron chi connectivity index (χ1n) is 5.09. The number of carbonyl (C=O) groups is 1. The van der Waals surface area contributed by atoms with E-state index in [1.165, 1.54) is 6.92 Å². The Morgan fingerprint density at radius 3 is 2.76 bits per heavy atom. The first-order valence-corrected chi connectivity index (χ1v) is 5.09. The molecule has 2 aromatic rings. The summed E-state index contributed by atoms with van der Waals surface area (Å²) in [6.07, 6.45) is 0. The third-order valence-corrected chi connectivity index (χ3v) is 2.27. The molecule has 0 fully saturated rings. The summed E-state index contributed by atoms with van der Waals surface area (Å²) in [5, 5.41) is 0.520. The van der Waals surface area contributed by atoms with Crippen molar-refractivity contribution >= 4 is 16.9 Å². The SMILES string of the molecule is CCOC(=O)C(F)(F)c1cc2ccccc2o1. The minimum absolute atomic E-state index is 0.103. The van der Waals surface area contributed by atoms with E-state index in [2.05, 4.69) is 4.74 Å². The summed E-state index contributed by atoms with van der Waals surface area (Å²) < 4.78 is 36.5. The number of carbonyl (C=O) groups excluding carboxylic acids is 1. The molecule has 0 saturated carbocycles. The third kappa shape index (κ3) is 2.00. The van der Waals surface area contributed by atoms with Gasteiger partial charge in [0.05, 0.1) is 6.61 Å². The van der Waals surface area contributed by atoms with Crippen molar-refractivity contribution < 1.29 is 22.7 Å². The van der Waals surface area contributed by atoms with Crippen molar-refractivity contribution in [1.82, 2.24) is 0 Å². The number of halogens is 2. The molecule has 0 atom stereocenters. The molecule has 1 aromatic carbocycles. The maximum Gasteiger partial charge on any atom is 0.399 e. The number of esters is 1. The average molecular weight is 240 g/mol. The van der Waals surface area contributed by atoms with Gasteiger partial charge in [-0.1, -0.05) is 18.2 Å². The summed E-state index contributed by atoms with van der Waals surface area (Å²) in [5.74, 6) is -6.05. The van der Waals surface area contributed by atoms with E-state index in [1.807, 2.05) is 0 Å². The van der Waals surface area contributed by atoms with Crippen LogP contribution in [0.3, 0.4) is 0 Å². The number of furan rings is 1. The van der Waals surface area contributed by atoms with E-state index < -0.39 is 17.7 Å². The molecule has 5 heteroatoms. The van der Waals surface area contributed by atoms with E-state index in [4.69, 9.17) is 4.42 Å². The standard InChI is InChI=1S/C12H10F2O3/c1-2-16-11(15)12(13,14)10-7-8-5-3-4-6-9(8)17-10/h3-7H,2H2,1H3. The maximum atomic E-state index is 13.6. The van der Waals surface area contributed by atoms with Crippen LogP contribution in [0.15, 0.2) is 34.7 Å². The van der Waals surface area contributed by atoms with Crippen LogP contribution in [0.25, 0.3) is 11.0 Å². The molecule has 0 unspecified atom stereocenters. The van der Waals surface area contributed by atoms with Gasteiger partial charge in [-0.25, -0.2) is 4.79 Å². The van der Waals surface area contributed by atoms with Crippen molar-refractivity contribution in [2.45, 2.75) is 12.8 Å². The first-order chi connectivity index (χ1) is 8.05. The molecule has 0 radical (unpaired) electrons. The molecule has 0 amide bonds. The summed E-state index contributed by atoms with van der Waals surface area (Å²) in [6, 6.07) is 7.69. The fourth-order valence-corrected chi connectivity index (χ4v) is 1.46. The number of para-hydroxylation sites is 1. The molecule has 1 heterocycles. The maximum absolute atomic E-state index is 13.6. The number of rotatable bonds is 3. The third-order valence-electron chi connectivity index (χ3n) is 2.27. The Bertz CT molecular complexity index is 512. The van der Waals surface area contributed by atoms with Crippen molar-refractivity contribution in [2.24, 2.45) is 0 Å². The molecule has 0 N–H and O–H groups in total. The van der Waals surface area contributed by atoms with E-state index >= 15 is 0 Å². The lowest BCUT2D eigenvalue weighted by Crippen LogP contribution is -2.27. The van der Waals surface area contributed by atoms with Crippen LogP contribution in [-0.4, -0.2) is 12.6 Å². The number of fused-ring (bicyclic) bond motifs is 1. The van der Waals surface area contributed by atoms with Crippen LogP contribution >= 0.6 is 0 Å². The van der Waals surface area contributed by atoms with Crippen LogP contribution < -0.4 is 0 Å². The van der Waals surface area contributed by atoms with Crippen LogP contribution in [0.2, 0.25) is 0 Å². The van der Waals surface area contributed by atoms with Crippen molar-refractivity contribution in [2.75, 3.05) is 6.61 Å². The molecule has 0 aliphatic rings. The van der Waals surface area contributed by atoms with Gasteiger partial charge < -0.3 is 9.15 Å². The lowest BCUT2D eigenvalue weighted by Gasteiger charge is -2.11. The number of hydrogen-bond acceptors (Lipinski definition) is 3. The number of ether oxygens (including phenoxy) is 1. The largest absolute Gasteiger partial charge is 0.461 e. The second-order valence-electron chi connectivity index (χ2n) is 3.44. The highest BCUT2D eigenvalue weighted by Crippen LogP contribution is 2.33. The predicted molar refractivity (Wildman–Crippen MR) is 56.7 cm³/mol. The lowest BCUT2D eigenvalue weighted by atomic mass is 10.2. The molecular formula is C12H10F2O3. The highest BCUT2D eigenvalue weighted by atomic mass is 19.3. The molecule has 0 spiro atoms. The summed E-state index contributed by atoms with van der Waals surface area (Å²) in [7, 11) is 0. The molecule has 0 saturated heterocycles. The Morgan fingerprint density at radius 2 is 2.12 bits per heavy atom. The normalized spacial score (nSPS) is 11.7. The van der Waals surface area contributed by atoms with Gasteiger partial charge in [0, 0.05) is 5.39 Å². The Kier molecular flexibility index (Phi) is 2.83. The van der Waals surface area contributed by atoms with Crippen LogP contribution in [-0.2, 0) is 15.5 Å². The summed E-state index contributed by atoms with van der Waals surface area (Å²) >= 11 is 0. The average Bonchev–Trinajstić information content (AvgIpc) is 2.73. The van der Waals surface area contributed by atoms with Gasteiger partial charge in [-0.3, -0.25) is 0 Å². The molecule has 1 aromatic heterocycles. The molecule has 17 heavy (non-hydrogen) atoms. The minimum Gasteiger partial charge on any atom is -0.461 e. The minimum atomic E-state index is -3.75. The molecule has 2 rings (SSSR count). The van der Waals surface area contributed by atoms with Crippen LogP contribution in [0.1, 0.15) is 12.7 Å². The van der Waals surface area contributed by atoms with Gasteiger partial charge in [0.2, 0.25) is 0 Å². The predicted octanol–water partition coefficient (Wildman–Crippen LogP) is 3.09. The zero-order valence-corrected chi connectivity index (χ0v) is 9.07. The van der Waals surface area contributed by atoms with Crippen LogP contribution in [0.4, 0.5) is 8.78 Å². The van der Waals surface area contributed by atoms with Gasteiger partial charge >= 0.3 is 11.9 Å². The Morgan fingerprint density at radius 1 is 1.41 bits per heavy atom. The van der Waals surface area contributed by atoms with E-state index in [-0.39, 0.29) is 6.61 Å². The fourth-order valence-electron chi connectivity index (χ4n) is 1.46. The quantitative estimate of drug-likeness (QED) is 0.774. The van der Waals surface area contributed by atoms with Crippen molar-refractivity contribution in [3.05, 3.63) is 36.1 Å². The zero-order valence-electron chi connectivity index (χ0n) is 9.07. The second kappa shape index (κ2) is 4.16. The second-order valence-corrected chi connectivity index (χ2v) is 3.44. The molecule has 0 aliphatic heterocycles. The summed E-state index contributed by atoms with van der Waals surface area (Å²) in [4.78, 5) is 11.1. The van der Waals surface area contributed by atoms with Crippen molar-refractivity contribution in [3.63, 3.8) is 0 Å². The number of alkyl halides is 2. The Hall–Kier alpha value is -1.91. The molecule has 0 aliphatic carbocycles. The van der Waals surface area contributed by atoms with Crippen LogP contribution in [0, 0.1) is 0 Å². The highest BCUT2D eigenvalue weighted by molar-refractivity contribution is 5.83. The van der Waals surface area contributed by atoms with Gasteiger partial charge in [0.15, 0.2) is 5.76 Å². The molecular weight excluding hydrogens is 230 g/mol. The monoisotopic (exact) mass is 240 g/mol. The highest BCUT2D eigenvalue weighted by Gasteiger charge is 2.46. The zero-order chi connectivity index (χ0) is 12.5. The Labute approximate surface area is 96.0 Å². The van der Waals surface area contributed by atoms with Crippen LogP contribution in [0.5, 0.6) is 0 Å². The fraction of sp³-hybridized carbons (Fsp3) is 0.250. The van der Waals surface area contributed by atoms with E-state index in [1.54, 1.807) is 24.3 Å². The van der Waals surface area contributed by atoms with Crippen molar-refractivity contribution in [3.8, 4) is 0 Å². The van der Waals surface area contributed by atoms with Gasteiger partial charge in [-0.15, -0.1) is 0 Å². The smallest absolute Gasteiger partial charge is 0.399 e. The van der Waals surface area contributed by atoms with Gasteiger partial charge in [0.1, 0.15) is 5.58 Å². The van der Waals surface area contributed by atoms with E-state index in [0.29, 0.717) is 11.0 Å². The van der Waals surface area contributed by atoms with Gasteiger partial charge in [0.25, 0.3) is 0 Å². The number of benzene rings is 1. The van der Waals surface area contributed by atoms with Gasteiger partial charge in [-0.05, 0) is 19.1 Å². The summed E-state index contributed by atoms with van der Waals surface area (Å²) in [6.45, 7) is 1.36. The number of hydrogen-bond donors (Lipinski definition) is 0. The molecule has 3 nitrogen and oxygen atoms in total. The topological polar surface area (TPSA) is 39.4 Å². The first kappa shape index (κ1) is 11.6. The van der Waals surface area contributed by atoms with E-state index in [9.17, 15) is 13.6 Å². The molecule has 90 valence electrons.